The van der Waals surface area contributed by atoms with E-state index in [9.17, 15) is 0 Å². The van der Waals surface area contributed by atoms with Gasteiger partial charge in [-0.3, -0.25) is 4.68 Å². The van der Waals surface area contributed by atoms with Crippen molar-refractivity contribution < 1.29 is 0 Å². The first kappa shape index (κ1) is 11.1. The summed E-state index contributed by atoms with van der Waals surface area (Å²) in [6.45, 7) is 2.22. The Kier molecular flexibility index (Phi) is 3.46. The highest BCUT2D eigenvalue weighted by molar-refractivity contribution is 9.09. The van der Waals surface area contributed by atoms with Crippen molar-refractivity contribution in [1.82, 2.24) is 14.7 Å². The van der Waals surface area contributed by atoms with Gasteiger partial charge in [0, 0.05) is 36.7 Å². The number of hydrogen-bond donors (Lipinski definition) is 0. The fraction of sp³-hybridized carbons (Fsp3) is 0.727. The summed E-state index contributed by atoms with van der Waals surface area (Å²) in [6.07, 6.45) is 6.70. The largest absolute Gasteiger partial charge is 0.302 e. The molecule has 1 fully saturated rings. The van der Waals surface area contributed by atoms with Crippen molar-refractivity contribution in [2.24, 2.45) is 13.0 Å². The molecule has 2 rings (SSSR count). The summed E-state index contributed by atoms with van der Waals surface area (Å²) < 4.78 is 1.86. The third-order valence-corrected chi connectivity index (χ3v) is 3.71. The van der Waals surface area contributed by atoms with Crippen molar-refractivity contribution in [1.29, 1.82) is 0 Å². The van der Waals surface area contributed by atoms with Gasteiger partial charge in [-0.15, -0.1) is 0 Å². The van der Waals surface area contributed by atoms with Gasteiger partial charge in [-0.05, 0) is 25.8 Å². The molecular formula is C11H18BrN3. The SMILES string of the molecule is CN(Cc1cnn(C)c1)CC1CC(Br)C1. The Morgan fingerprint density at radius 2 is 2.33 bits per heavy atom. The number of nitrogens with zero attached hydrogens (tertiary/aromatic N) is 3. The molecule has 0 atom stereocenters. The molecule has 1 aliphatic rings. The normalized spacial score (nSPS) is 25.6. The minimum absolute atomic E-state index is 0.772. The van der Waals surface area contributed by atoms with Crippen LogP contribution in [0.5, 0.6) is 0 Å². The Morgan fingerprint density at radius 1 is 1.60 bits per heavy atom. The van der Waals surface area contributed by atoms with Crippen LogP contribution in [0.15, 0.2) is 12.4 Å². The molecule has 1 heterocycles. The molecule has 0 saturated heterocycles. The summed E-state index contributed by atoms with van der Waals surface area (Å²) in [6, 6.07) is 0. The predicted octanol–water partition coefficient (Wildman–Crippen LogP) is 2.03. The van der Waals surface area contributed by atoms with Crippen LogP contribution in [0.3, 0.4) is 0 Å². The van der Waals surface area contributed by atoms with E-state index in [1.165, 1.54) is 24.9 Å². The quantitative estimate of drug-likeness (QED) is 0.782. The summed E-state index contributed by atoms with van der Waals surface area (Å²) >= 11 is 3.63. The van der Waals surface area contributed by atoms with Crippen LogP contribution >= 0.6 is 15.9 Å². The lowest BCUT2D eigenvalue weighted by atomic mass is 9.85. The van der Waals surface area contributed by atoms with E-state index in [1.807, 2.05) is 17.9 Å². The second-order valence-corrected chi connectivity index (χ2v) is 5.95. The first-order chi connectivity index (χ1) is 7.13. The molecule has 15 heavy (non-hydrogen) atoms. The second kappa shape index (κ2) is 4.66. The maximum absolute atomic E-state index is 4.18. The highest BCUT2D eigenvalue weighted by Gasteiger charge is 2.27. The third-order valence-electron chi connectivity index (χ3n) is 2.96. The number of rotatable bonds is 4. The predicted molar refractivity (Wildman–Crippen MR) is 65.0 cm³/mol. The topological polar surface area (TPSA) is 21.1 Å². The van der Waals surface area contributed by atoms with Gasteiger partial charge >= 0.3 is 0 Å². The van der Waals surface area contributed by atoms with E-state index in [0.717, 1.165) is 17.3 Å². The van der Waals surface area contributed by atoms with E-state index in [4.69, 9.17) is 0 Å². The first-order valence-electron chi connectivity index (χ1n) is 5.43. The van der Waals surface area contributed by atoms with E-state index in [-0.39, 0.29) is 0 Å². The monoisotopic (exact) mass is 271 g/mol. The average molecular weight is 272 g/mol. The molecule has 0 aromatic carbocycles. The summed E-state index contributed by atoms with van der Waals surface area (Å²) in [4.78, 5) is 3.16. The summed E-state index contributed by atoms with van der Waals surface area (Å²) in [5, 5.41) is 4.18. The molecule has 1 saturated carbocycles. The minimum atomic E-state index is 0.772. The lowest BCUT2D eigenvalue weighted by Gasteiger charge is -2.34. The molecule has 1 aliphatic carbocycles. The van der Waals surface area contributed by atoms with Crippen LogP contribution in [0.4, 0.5) is 0 Å². The number of aromatic nitrogens is 2. The van der Waals surface area contributed by atoms with Crippen molar-refractivity contribution in [3.8, 4) is 0 Å². The van der Waals surface area contributed by atoms with Crippen LogP contribution in [-0.4, -0.2) is 33.1 Å². The van der Waals surface area contributed by atoms with Crippen LogP contribution in [0, 0.1) is 5.92 Å². The fourth-order valence-corrected chi connectivity index (χ4v) is 3.23. The molecule has 0 aliphatic heterocycles. The van der Waals surface area contributed by atoms with Gasteiger partial charge in [0.2, 0.25) is 0 Å². The molecule has 84 valence electrons. The van der Waals surface area contributed by atoms with Crippen LogP contribution in [0.1, 0.15) is 18.4 Å². The van der Waals surface area contributed by atoms with Crippen LogP contribution in [0.25, 0.3) is 0 Å². The molecule has 0 amide bonds. The zero-order valence-electron chi connectivity index (χ0n) is 9.36. The lowest BCUT2D eigenvalue weighted by Crippen LogP contribution is -2.34. The summed E-state index contributed by atoms with van der Waals surface area (Å²) in [5.41, 5.74) is 1.30. The zero-order valence-corrected chi connectivity index (χ0v) is 10.9. The van der Waals surface area contributed by atoms with Crippen molar-refractivity contribution in [3.63, 3.8) is 0 Å². The molecule has 0 spiro atoms. The molecule has 3 nitrogen and oxygen atoms in total. The maximum atomic E-state index is 4.18. The molecule has 0 unspecified atom stereocenters. The number of hydrogen-bond acceptors (Lipinski definition) is 2. The maximum Gasteiger partial charge on any atom is 0.0534 e. The lowest BCUT2D eigenvalue weighted by molar-refractivity contribution is 0.208. The third kappa shape index (κ3) is 3.05. The van der Waals surface area contributed by atoms with Crippen molar-refractivity contribution in [2.75, 3.05) is 13.6 Å². The van der Waals surface area contributed by atoms with Gasteiger partial charge in [0.15, 0.2) is 0 Å². The number of aryl methyl sites for hydroxylation is 1. The van der Waals surface area contributed by atoms with Gasteiger partial charge in [-0.1, -0.05) is 15.9 Å². The highest BCUT2D eigenvalue weighted by atomic mass is 79.9. The molecule has 1 aromatic rings. The van der Waals surface area contributed by atoms with E-state index in [2.05, 4.69) is 39.2 Å². The van der Waals surface area contributed by atoms with E-state index < -0.39 is 0 Å². The fourth-order valence-electron chi connectivity index (χ4n) is 2.17. The molecular weight excluding hydrogens is 254 g/mol. The molecule has 0 bridgehead atoms. The number of halogens is 1. The van der Waals surface area contributed by atoms with Gasteiger partial charge in [-0.25, -0.2) is 0 Å². The van der Waals surface area contributed by atoms with E-state index >= 15 is 0 Å². The van der Waals surface area contributed by atoms with Gasteiger partial charge < -0.3 is 4.90 Å². The van der Waals surface area contributed by atoms with Crippen molar-refractivity contribution in [2.45, 2.75) is 24.2 Å². The Bertz CT molecular complexity index is 317. The van der Waals surface area contributed by atoms with Gasteiger partial charge in [-0.2, -0.15) is 5.10 Å². The van der Waals surface area contributed by atoms with Crippen LogP contribution < -0.4 is 0 Å². The minimum Gasteiger partial charge on any atom is -0.302 e. The van der Waals surface area contributed by atoms with Crippen molar-refractivity contribution >= 4 is 15.9 Å². The molecule has 0 radical (unpaired) electrons. The molecule has 4 heteroatoms. The van der Waals surface area contributed by atoms with Gasteiger partial charge in [0.25, 0.3) is 0 Å². The first-order valence-corrected chi connectivity index (χ1v) is 6.35. The summed E-state index contributed by atoms with van der Waals surface area (Å²) in [5.74, 6) is 0.885. The van der Waals surface area contributed by atoms with E-state index in [0.29, 0.717) is 0 Å². The Morgan fingerprint density at radius 3 is 2.87 bits per heavy atom. The van der Waals surface area contributed by atoms with Crippen LogP contribution in [-0.2, 0) is 13.6 Å². The average Bonchev–Trinajstić information content (AvgIpc) is 2.48. The highest BCUT2D eigenvalue weighted by Crippen LogP contribution is 2.33. The summed E-state index contributed by atoms with van der Waals surface area (Å²) in [7, 11) is 4.15. The second-order valence-electron chi connectivity index (χ2n) is 4.65. The van der Waals surface area contributed by atoms with Crippen molar-refractivity contribution in [3.05, 3.63) is 18.0 Å². The van der Waals surface area contributed by atoms with Gasteiger partial charge in [0.05, 0.1) is 6.20 Å². The molecule has 1 aromatic heterocycles. The van der Waals surface area contributed by atoms with Gasteiger partial charge in [0.1, 0.15) is 0 Å². The Balaban J connectivity index is 1.75. The Hall–Kier alpha value is -0.350. The number of alkyl halides is 1. The smallest absolute Gasteiger partial charge is 0.0534 e. The standard InChI is InChI=1S/C11H18BrN3/c1-14(6-9-3-11(12)4-9)7-10-5-13-15(2)8-10/h5,8-9,11H,3-4,6-7H2,1-2H3. The molecule has 0 N–H and O–H groups in total. The van der Waals surface area contributed by atoms with E-state index in [1.54, 1.807) is 0 Å². The van der Waals surface area contributed by atoms with Crippen LogP contribution in [0.2, 0.25) is 0 Å². The Labute approximate surface area is 99.6 Å². The zero-order chi connectivity index (χ0) is 10.8.